The smallest absolute Gasteiger partial charge is 0.358 e. The maximum atomic E-state index is 12.6. The third kappa shape index (κ3) is 4.97. The SMILES string of the molecule is CC(=O)Nc1nc(C(=O)OCC(=O)c2cc(C)n(Cc3ccccc3)c2C)cs1. The molecule has 0 saturated heterocycles. The van der Waals surface area contributed by atoms with E-state index in [1.807, 2.05) is 50.2 Å². The van der Waals surface area contributed by atoms with Gasteiger partial charge in [0.25, 0.3) is 0 Å². The van der Waals surface area contributed by atoms with Crippen LogP contribution in [0, 0.1) is 13.8 Å². The highest BCUT2D eigenvalue weighted by atomic mass is 32.1. The van der Waals surface area contributed by atoms with Gasteiger partial charge in [-0.3, -0.25) is 9.59 Å². The number of esters is 1. The molecule has 0 atom stereocenters. The molecule has 0 unspecified atom stereocenters. The van der Waals surface area contributed by atoms with E-state index in [4.69, 9.17) is 4.74 Å². The molecule has 3 rings (SSSR count). The van der Waals surface area contributed by atoms with Crippen LogP contribution in [0.1, 0.15) is 44.7 Å². The van der Waals surface area contributed by atoms with E-state index >= 15 is 0 Å². The first kappa shape index (κ1) is 20.5. The Bertz CT molecular complexity index is 1050. The second kappa shape index (κ2) is 8.83. The summed E-state index contributed by atoms with van der Waals surface area (Å²) in [4.78, 5) is 39.7. The molecule has 0 saturated carbocycles. The first-order valence-corrected chi connectivity index (χ1v) is 9.87. The summed E-state index contributed by atoms with van der Waals surface area (Å²) in [5.41, 5.74) is 3.51. The average Bonchev–Trinajstić information content (AvgIpc) is 3.26. The highest BCUT2D eigenvalue weighted by Gasteiger charge is 2.19. The molecule has 2 aromatic heterocycles. The van der Waals surface area contributed by atoms with Crippen molar-refractivity contribution in [2.45, 2.75) is 27.3 Å². The number of aromatic nitrogens is 2. The van der Waals surface area contributed by atoms with Crippen LogP contribution in [-0.4, -0.2) is 33.8 Å². The number of rotatable bonds is 7. The standard InChI is InChI=1S/C21H21N3O4S/c1-13-9-17(14(2)24(13)10-16-7-5-4-6-8-16)19(26)11-28-20(27)18-12-29-21(23-18)22-15(3)25/h4-9,12H,10-11H2,1-3H3,(H,22,23,25). The van der Waals surface area contributed by atoms with Crippen molar-refractivity contribution in [3.05, 3.63) is 70.0 Å². The Morgan fingerprint density at radius 1 is 1.17 bits per heavy atom. The van der Waals surface area contributed by atoms with E-state index in [-0.39, 0.29) is 24.0 Å². The first-order chi connectivity index (χ1) is 13.8. The molecule has 0 radical (unpaired) electrons. The van der Waals surface area contributed by atoms with Crippen LogP contribution in [0.25, 0.3) is 0 Å². The second-order valence-corrected chi connectivity index (χ2v) is 7.43. The summed E-state index contributed by atoms with van der Waals surface area (Å²) in [5.74, 6) is -1.26. The van der Waals surface area contributed by atoms with Crippen molar-refractivity contribution in [1.29, 1.82) is 0 Å². The van der Waals surface area contributed by atoms with Crippen LogP contribution in [0.15, 0.2) is 41.8 Å². The van der Waals surface area contributed by atoms with Gasteiger partial charge in [0.2, 0.25) is 11.7 Å². The normalized spacial score (nSPS) is 10.6. The predicted molar refractivity (Wildman–Crippen MR) is 110 cm³/mol. The van der Waals surface area contributed by atoms with Gasteiger partial charge in [-0.05, 0) is 25.5 Å². The van der Waals surface area contributed by atoms with Crippen LogP contribution in [0.4, 0.5) is 5.13 Å². The molecule has 0 aliphatic heterocycles. The quantitative estimate of drug-likeness (QED) is 0.474. The monoisotopic (exact) mass is 411 g/mol. The lowest BCUT2D eigenvalue weighted by Crippen LogP contribution is -2.15. The van der Waals surface area contributed by atoms with Gasteiger partial charge in [-0.1, -0.05) is 30.3 Å². The molecule has 0 spiro atoms. The molecule has 8 heteroatoms. The largest absolute Gasteiger partial charge is 0.453 e. The van der Waals surface area contributed by atoms with Gasteiger partial charge in [-0.2, -0.15) is 0 Å². The van der Waals surface area contributed by atoms with Gasteiger partial charge >= 0.3 is 5.97 Å². The van der Waals surface area contributed by atoms with Crippen molar-refractivity contribution >= 4 is 34.1 Å². The van der Waals surface area contributed by atoms with Gasteiger partial charge in [0.05, 0.1) is 0 Å². The molecule has 1 aromatic carbocycles. The number of aryl methyl sites for hydroxylation is 1. The average molecular weight is 411 g/mol. The van der Waals surface area contributed by atoms with E-state index < -0.39 is 5.97 Å². The van der Waals surface area contributed by atoms with Crippen molar-refractivity contribution in [1.82, 2.24) is 9.55 Å². The number of nitrogens with zero attached hydrogens (tertiary/aromatic N) is 2. The topological polar surface area (TPSA) is 90.3 Å². The van der Waals surface area contributed by atoms with E-state index in [2.05, 4.69) is 14.9 Å². The van der Waals surface area contributed by atoms with Crippen LogP contribution >= 0.6 is 11.3 Å². The van der Waals surface area contributed by atoms with E-state index in [0.717, 1.165) is 28.3 Å². The molecule has 150 valence electrons. The van der Waals surface area contributed by atoms with E-state index in [9.17, 15) is 14.4 Å². The van der Waals surface area contributed by atoms with Crippen molar-refractivity contribution < 1.29 is 19.1 Å². The van der Waals surface area contributed by atoms with Crippen LogP contribution < -0.4 is 5.32 Å². The summed E-state index contributed by atoms with van der Waals surface area (Å²) in [7, 11) is 0. The molecule has 0 bridgehead atoms. The molecular formula is C21H21N3O4S. The molecule has 3 aromatic rings. The zero-order valence-corrected chi connectivity index (χ0v) is 17.2. The number of thiazole rings is 1. The Morgan fingerprint density at radius 2 is 1.90 bits per heavy atom. The van der Waals surface area contributed by atoms with Crippen molar-refractivity contribution in [3.63, 3.8) is 0 Å². The van der Waals surface area contributed by atoms with Crippen LogP contribution in [0.2, 0.25) is 0 Å². The molecule has 1 amide bonds. The molecule has 7 nitrogen and oxygen atoms in total. The Hall–Kier alpha value is -3.26. The number of anilines is 1. The number of ketones is 1. The molecular weight excluding hydrogens is 390 g/mol. The fourth-order valence-corrected chi connectivity index (χ4v) is 3.68. The van der Waals surface area contributed by atoms with E-state index in [1.165, 1.54) is 12.3 Å². The minimum atomic E-state index is -0.704. The van der Waals surface area contributed by atoms with Crippen LogP contribution in [-0.2, 0) is 16.1 Å². The van der Waals surface area contributed by atoms with Crippen molar-refractivity contribution in [2.24, 2.45) is 0 Å². The second-order valence-electron chi connectivity index (χ2n) is 6.57. The number of carbonyl (C=O) groups is 3. The summed E-state index contributed by atoms with van der Waals surface area (Å²) in [6.07, 6.45) is 0. The molecule has 0 aliphatic carbocycles. The van der Waals surface area contributed by atoms with Crippen molar-refractivity contribution in [2.75, 3.05) is 11.9 Å². The molecule has 2 heterocycles. The lowest BCUT2D eigenvalue weighted by Gasteiger charge is -2.10. The number of hydrogen-bond donors (Lipinski definition) is 1. The Kier molecular flexibility index (Phi) is 6.23. The highest BCUT2D eigenvalue weighted by molar-refractivity contribution is 7.14. The van der Waals surface area contributed by atoms with Gasteiger partial charge in [0.1, 0.15) is 0 Å². The summed E-state index contributed by atoms with van der Waals surface area (Å²) in [6.45, 7) is 5.47. The lowest BCUT2D eigenvalue weighted by atomic mass is 10.1. The number of Topliss-reactive ketones (excluding diaryl/α,β-unsaturated/α-hetero) is 1. The summed E-state index contributed by atoms with van der Waals surface area (Å²) < 4.78 is 7.18. The highest BCUT2D eigenvalue weighted by Crippen LogP contribution is 2.19. The minimum Gasteiger partial charge on any atom is -0.453 e. The molecule has 1 N–H and O–H groups in total. The minimum absolute atomic E-state index is 0.0566. The summed E-state index contributed by atoms with van der Waals surface area (Å²) in [5, 5.41) is 4.28. The van der Waals surface area contributed by atoms with Gasteiger partial charge in [0.15, 0.2) is 17.4 Å². The van der Waals surface area contributed by atoms with Crippen molar-refractivity contribution in [3.8, 4) is 0 Å². The maximum absolute atomic E-state index is 12.6. The molecule has 29 heavy (non-hydrogen) atoms. The fraction of sp³-hybridized carbons (Fsp3) is 0.238. The summed E-state index contributed by atoms with van der Waals surface area (Å²) in [6, 6.07) is 11.8. The third-order valence-electron chi connectivity index (χ3n) is 4.39. The lowest BCUT2D eigenvalue weighted by molar-refractivity contribution is -0.114. The maximum Gasteiger partial charge on any atom is 0.358 e. The van der Waals surface area contributed by atoms with Gasteiger partial charge in [-0.15, -0.1) is 11.3 Å². The van der Waals surface area contributed by atoms with E-state index in [0.29, 0.717) is 17.2 Å². The van der Waals surface area contributed by atoms with Crippen LogP contribution in [0.3, 0.4) is 0 Å². The molecule has 0 aliphatic rings. The zero-order chi connectivity index (χ0) is 21.0. The number of nitrogens with one attached hydrogen (secondary N) is 1. The number of benzene rings is 1. The van der Waals surface area contributed by atoms with Gasteiger partial charge < -0.3 is 14.6 Å². The third-order valence-corrected chi connectivity index (χ3v) is 5.15. The Labute approximate surface area is 172 Å². The zero-order valence-electron chi connectivity index (χ0n) is 16.4. The number of ether oxygens (including phenoxy) is 1. The summed E-state index contributed by atoms with van der Waals surface area (Å²) >= 11 is 1.11. The first-order valence-electron chi connectivity index (χ1n) is 8.99. The van der Waals surface area contributed by atoms with E-state index in [1.54, 1.807) is 0 Å². The van der Waals surface area contributed by atoms with Gasteiger partial charge in [-0.25, -0.2) is 9.78 Å². The molecule has 0 fully saturated rings. The number of carbonyl (C=O) groups excluding carboxylic acids is 3. The van der Waals surface area contributed by atoms with Gasteiger partial charge in [0, 0.05) is 35.8 Å². The van der Waals surface area contributed by atoms with Crippen LogP contribution in [0.5, 0.6) is 0 Å². The Morgan fingerprint density at radius 3 is 2.59 bits per heavy atom. The predicted octanol–water partition coefficient (Wildman–Crippen LogP) is 3.61. The Balaban J connectivity index is 1.65. The number of hydrogen-bond acceptors (Lipinski definition) is 6. The number of amides is 1. The fourth-order valence-electron chi connectivity index (χ4n) is 2.95.